The maximum atomic E-state index is 6.38. The first-order valence-corrected chi connectivity index (χ1v) is 7.46. The number of methoxy groups -OCH3 is 1. The minimum absolute atomic E-state index is 0.0203. The molecule has 2 rings (SSSR count). The molecule has 0 heterocycles. The van der Waals surface area contributed by atoms with Crippen molar-refractivity contribution in [1.29, 1.82) is 0 Å². The largest absolute Gasteiger partial charge is 0.379 e. The Morgan fingerprint density at radius 2 is 1.90 bits per heavy atom. The van der Waals surface area contributed by atoms with Gasteiger partial charge in [-0.05, 0) is 43.7 Å². The Balaban J connectivity index is 1.98. The number of hydrogen-bond donors (Lipinski definition) is 1. The average molecular weight is 277 g/mol. The lowest BCUT2D eigenvalue weighted by molar-refractivity contribution is -0.0373. The molecule has 0 saturated carbocycles. The minimum atomic E-state index is -0.137. The topological polar surface area (TPSA) is 44.5 Å². The normalized spacial score (nSPS) is 26.4. The summed E-state index contributed by atoms with van der Waals surface area (Å²) >= 11 is 0. The van der Waals surface area contributed by atoms with Crippen LogP contribution in [0.1, 0.15) is 56.7 Å². The summed E-state index contributed by atoms with van der Waals surface area (Å²) in [5, 5.41) is 0. The van der Waals surface area contributed by atoms with E-state index in [0.717, 1.165) is 12.8 Å². The fourth-order valence-corrected chi connectivity index (χ4v) is 2.82. The number of rotatable bonds is 5. The summed E-state index contributed by atoms with van der Waals surface area (Å²) in [6.45, 7) is 7.10. The third kappa shape index (κ3) is 3.40. The van der Waals surface area contributed by atoms with Crippen molar-refractivity contribution in [3.8, 4) is 0 Å². The highest BCUT2D eigenvalue weighted by atomic mass is 16.5. The predicted octanol–water partition coefficient (Wildman–Crippen LogP) is 3.39. The van der Waals surface area contributed by atoms with Crippen LogP contribution < -0.4 is 5.73 Å². The molecule has 3 unspecified atom stereocenters. The number of ether oxygens (including phenoxy) is 2. The van der Waals surface area contributed by atoms with E-state index in [0.29, 0.717) is 12.5 Å². The lowest BCUT2D eigenvalue weighted by Crippen LogP contribution is -2.36. The molecule has 20 heavy (non-hydrogen) atoms. The van der Waals surface area contributed by atoms with E-state index in [2.05, 4.69) is 45.0 Å². The van der Waals surface area contributed by atoms with Crippen LogP contribution in [-0.4, -0.2) is 25.4 Å². The molecule has 3 nitrogen and oxygen atoms in total. The van der Waals surface area contributed by atoms with Crippen molar-refractivity contribution in [2.75, 3.05) is 13.7 Å². The Kier molecular flexibility index (Phi) is 4.84. The van der Waals surface area contributed by atoms with Gasteiger partial charge in [0, 0.05) is 13.7 Å². The van der Waals surface area contributed by atoms with Crippen LogP contribution in [0.25, 0.3) is 0 Å². The molecule has 112 valence electrons. The second kappa shape index (κ2) is 6.25. The van der Waals surface area contributed by atoms with E-state index in [1.165, 1.54) is 11.1 Å². The number of nitrogens with two attached hydrogens (primary N) is 1. The summed E-state index contributed by atoms with van der Waals surface area (Å²) in [5.74, 6) is 0.506. The summed E-state index contributed by atoms with van der Waals surface area (Å²) in [7, 11) is 1.74. The lowest BCUT2D eigenvalue weighted by Gasteiger charge is -2.35. The fraction of sp³-hybridized carbons (Fsp3) is 0.647. The van der Waals surface area contributed by atoms with E-state index in [1.807, 2.05) is 0 Å². The highest BCUT2D eigenvalue weighted by molar-refractivity contribution is 5.35. The molecule has 3 heteroatoms. The van der Waals surface area contributed by atoms with Gasteiger partial charge < -0.3 is 15.2 Å². The second-order valence-electron chi connectivity index (χ2n) is 6.41. The van der Waals surface area contributed by atoms with Crippen LogP contribution in [0.3, 0.4) is 0 Å². The van der Waals surface area contributed by atoms with E-state index in [1.54, 1.807) is 7.11 Å². The van der Waals surface area contributed by atoms with E-state index in [9.17, 15) is 0 Å². The van der Waals surface area contributed by atoms with Crippen LogP contribution in [0.5, 0.6) is 0 Å². The highest BCUT2D eigenvalue weighted by Gasteiger charge is 2.31. The van der Waals surface area contributed by atoms with Gasteiger partial charge in [-0.15, -0.1) is 0 Å². The van der Waals surface area contributed by atoms with Crippen LogP contribution in [0.2, 0.25) is 0 Å². The molecular formula is C17H27NO2. The Morgan fingerprint density at radius 3 is 2.55 bits per heavy atom. The second-order valence-corrected chi connectivity index (χ2v) is 6.41. The van der Waals surface area contributed by atoms with E-state index >= 15 is 0 Å². The number of hydrogen-bond acceptors (Lipinski definition) is 3. The molecule has 0 saturated heterocycles. The van der Waals surface area contributed by atoms with Gasteiger partial charge in [-0.25, -0.2) is 0 Å². The maximum Gasteiger partial charge on any atom is 0.0773 e. The Labute approximate surface area is 122 Å². The van der Waals surface area contributed by atoms with Crippen molar-refractivity contribution in [3.63, 3.8) is 0 Å². The van der Waals surface area contributed by atoms with Crippen LogP contribution in [0, 0.1) is 0 Å². The number of benzene rings is 1. The van der Waals surface area contributed by atoms with Crippen LogP contribution in [0.4, 0.5) is 0 Å². The third-order valence-corrected chi connectivity index (χ3v) is 4.46. The van der Waals surface area contributed by atoms with E-state index in [4.69, 9.17) is 15.2 Å². The van der Waals surface area contributed by atoms with Gasteiger partial charge in [0.05, 0.1) is 17.7 Å². The third-order valence-electron chi connectivity index (χ3n) is 4.46. The monoisotopic (exact) mass is 277 g/mol. The molecule has 0 aliphatic heterocycles. The standard InChI is InChI=1S/C17H27NO2/c1-12-11-15(20-10-9-17(2,3)19-4)16(18)14-8-6-5-7-13(12)14/h5-8,12,15-16H,9-11,18H2,1-4H3. The average Bonchev–Trinajstić information content (AvgIpc) is 2.44. The molecule has 0 radical (unpaired) electrons. The van der Waals surface area contributed by atoms with Gasteiger partial charge in [-0.2, -0.15) is 0 Å². The van der Waals surface area contributed by atoms with Crippen molar-refractivity contribution in [2.24, 2.45) is 5.73 Å². The Bertz CT molecular complexity index is 444. The molecule has 1 aromatic rings. The van der Waals surface area contributed by atoms with Gasteiger partial charge in [0.1, 0.15) is 0 Å². The molecule has 0 aromatic heterocycles. The van der Waals surface area contributed by atoms with Crippen molar-refractivity contribution in [2.45, 2.75) is 57.3 Å². The van der Waals surface area contributed by atoms with Crippen LogP contribution >= 0.6 is 0 Å². The molecule has 1 aromatic carbocycles. The zero-order valence-electron chi connectivity index (χ0n) is 13.1. The molecule has 1 aliphatic carbocycles. The summed E-state index contributed by atoms with van der Waals surface area (Å²) in [6.07, 6.45) is 1.97. The quantitative estimate of drug-likeness (QED) is 0.897. The molecule has 0 bridgehead atoms. The maximum absolute atomic E-state index is 6.38. The predicted molar refractivity (Wildman–Crippen MR) is 81.8 cm³/mol. The lowest BCUT2D eigenvalue weighted by atomic mass is 9.79. The van der Waals surface area contributed by atoms with Crippen molar-refractivity contribution in [3.05, 3.63) is 35.4 Å². The van der Waals surface area contributed by atoms with Crippen molar-refractivity contribution in [1.82, 2.24) is 0 Å². The first-order chi connectivity index (χ1) is 9.44. The molecule has 3 atom stereocenters. The van der Waals surface area contributed by atoms with E-state index < -0.39 is 0 Å². The smallest absolute Gasteiger partial charge is 0.0773 e. The summed E-state index contributed by atoms with van der Waals surface area (Å²) in [6, 6.07) is 8.44. The zero-order valence-corrected chi connectivity index (χ0v) is 13.1. The Morgan fingerprint density at radius 1 is 1.25 bits per heavy atom. The summed E-state index contributed by atoms with van der Waals surface area (Å²) in [5.41, 5.74) is 8.85. The molecule has 2 N–H and O–H groups in total. The summed E-state index contributed by atoms with van der Waals surface area (Å²) < 4.78 is 11.5. The molecule has 0 amide bonds. The summed E-state index contributed by atoms with van der Waals surface area (Å²) in [4.78, 5) is 0. The SMILES string of the molecule is COC(C)(C)CCOC1CC(C)c2ccccc2C1N. The number of fused-ring (bicyclic) bond motifs is 1. The fourth-order valence-electron chi connectivity index (χ4n) is 2.82. The van der Waals surface area contributed by atoms with E-state index in [-0.39, 0.29) is 17.7 Å². The van der Waals surface area contributed by atoms with Crippen LogP contribution in [-0.2, 0) is 9.47 Å². The van der Waals surface area contributed by atoms with Gasteiger partial charge >= 0.3 is 0 Å². The molecule has 0 spiro atoms. The molecular weight excluding hydrogens is 250 g/mol. The Hall–Kier alpha value is -0.900. The van der Waals surface area contributed by atoms with Gasteiger partial charge in [0.2, 0.25) is 0 Å². The first kappa shape index (κ1) is 15.5. The molecule has 0 fully saturated rings. The van der Waals surface area contributed by atoms with Gasteiger partial charge in [0.15, 0.2) is 0 Å². The van der Waals surface area contributed by atoms with Gasteiger partial charge in [-0.1, -0.05) is 31.2 Å². The van der Waals surface area contributed by atoms with Crippen LogP contribution in [0.15, 0.2) is 24.3 Å². The highest BCUT2D eigenvalue weighted by Crippen LogP contribution is 2.37. The first-order valence-electron chi connectivity index (χ1n) is 7.46. The van der Waals surface area contributed by atoms with Crippen molar-refractivity contribution >= 4 is 0 Å². The van der Waals surface area contributed by atoms with Gasteiger partial charge in [0.25, 0.3) is 0 Å². The zero-order chi connectivity index (χ0) is 14.8. The van der Waals surface area contributed by atoms with Gasteiger partial charge in [-0.3, -0.25) is 0 Å². The molecule has 1 aliphatic rings. The van der Waals surface area contributed by atoms with Crippen molar-refractivity contribution < 1.29 is 9.47 Å². The minimum Gasteiger partial charge on any atom is -0.379 e.